The molecule has 0 aromatic heterocycles. The van der Waals surface area contributed by atoms with E-state index in [0.717, 1.165) is 11.4 Å². The van der Waals surface area contributed by atoms with Crippen molar-refractivity contribution >= 4 is 17.6 Å². The van der Waals surface area contributed by atoms with Crippen LogP contribution in [0.2, 0.25) is 0 Å². The van der Waals surface area contributed by atoms with E-state index in [9.17, 15) is 0 Å². The van der Waals surface area contributed by atoms with Gasteiger partial charge in [-0.2, -0.15) is 0 Å². The van der Waals surface area contributed by atoms with Gasteiger partial charge in [0.15, 0.2) is 0 Å². The second-order valence-corrected chi connectivity index (χ2v) is 7.23. The van der Waals surface area contributed by atoms with E-state index in [1.807, 2.05) is 31.4 Å². The normalized spacial score (nSPS) is 13.6. The van der Waals surface area contributed by atoms with Gasteiger partial charge in [-0.05, 0) is 41.0 Å². The highest BCUT2D eigenvalue weighted by molar-refractivity contribution is 5.80. The van der Waals surface area contributed by atoms with Gasteiger partial charge in [-0.1, -0.05) is 53.7 Å². The van der Waals surface area contributed by atoms with Crippen molar-refractivity contribution in [2.24, 2.45) is 4.99 Å². The molecule has 1 rings (SSSR count). The molecule has 20 heavy (non-hydrogen) atoms. The maximum absolute atomic E-state index is 6.17. The second kappa shape index (κ2) is 5.82. The molecule has 0 fully saturated rings. The van der Waals surface area contributed by atoms with Gasteiger partial charge in [-0.25, -0.2) is 0 Å². The first kappa shape index (κ1) is 16.5. The van der Waals surface area contributed by atoms with Gasteiger partial charge in [0, 0.05) is 6.21 Å². The summed E-state index contributed by atoms with van der Waals surface area (Å²) in [7, 11) is 0. The summed E-state index contributed by atoms with van der Waals surface area (Å²) in [4.78, 5) is 4.60. The van der Waals surface area contributed by atoms with Crippen molar-refractivity contribution in [3.63, 3.8) is 0 Å². The summed E-state index contributed by atoms with van der Waals surface area (Å²) < 4.78 is 0. The van der Waals surface area contributed by atoms with Crippen LogP contribution in [0.15, 0.2) is 29.3 Å². The topological polar surface area (TPSA) is 38.4 Å². The summed E-state index contributed by atoms with van der Waals surface area (Å²) >= 11 is 0. The van der Waals surface area contributed by atoms with Crippen molar-refractivity contribution in [2.75, 3.05) is 5.73 Å². The molecule has 110 valence electrons. The summed E-state index contributed by atoms with van der Waals surface area (Å²) in [6.45, 7) is 15.3. The first-order valence-corrected chi connectivity index (χ1v) is 7.18. The molecule has 2 nitrogen and oxygen atoms in total. The zero-order valence-electron chi connectivity index (χ0n) is 13.9. The number of anilines is 1. The first-order valence-electron chi connectivity index (χ1n) is 7.18. The molecule has 0 heterocycles. The minimum absolute atomic E-state index is 0.000591. The highest BCUT2D eigenvalue weighted by atomic mass is 14.8. The van der Waals surface area contributed by atoms with Crippen LogP contribution in [-0.2, 0) is 10.8 Å². The molecular weight excluding hydrogens is 244 g/mol. The number of hydrogen-bond acceptors (Lipinski definition) is 2. The van der Waals surface area contributed by atoms with E-state index >= 15 is 0 Å². The SMILES string of the molecule is C/C=C\C=Nc1c(N)ccc(C(C)(C)C)c1C(C)(C)C. The van der Waals surface area contributed by atoms with Crippen LogP contribution in [0.4, 0.5) is 11.4 Å². The lowest BCUT2D eigenvalue weighted by atomic mass is 9.74. The first-order chi connectivity index (χ1) is 9.09. The standard InChI is InChI=1S/C18H28N2/c1-8-9-12-20-16-14(19)11-10-13(17(2,3)4)15(16)18(5,6)7/h8-12H,19H2,1-7H3/b9-8-,20-12?. The van der Waals surface area contributed by atoms with Crippen molar-refractivity contribution in [1.29, 1.82) is 0 Å². The van der Waals surface area contributed by atoms with E-state index in [0.29, 0.717) is 0 Å². The molecule has 1 aromatic carbocycles. The van der Waals surface area contributed by atoms with Gasteiger partial charge in [0.2, 0.25) is 0 Å². The predicted molar refractivity (Wildman–Crippen MR) is 91.2 cm³/mol. The molecule has 0 saturated heterocycles. The Bertz CT molecular complexity index is 524. The lowest BCUT2D eigenvalue weighted by Crippen LogP contribution is -2.22. The Balaban J connectivity index is 3.64. The molecule has 0 saturated carbocycles. The van der Waals surface area contributed by atoms with Gasteiger partial charge in [0.1, 0.15) is 0 Å². The number of hydrogen-bond donors (Lipinski definition) is 1. The summed E-state index contributed by atoms with van der Waals surface area (Å²) in [6.07, 6.45) is 5.70. The van der Waals surface area contributed by atoms with E-state index in [4.69, 9.17) is 5.73 Å². The van der Waals surface area contributed by atoms with E-state index in [1.54, 1.807) is 0 Å². The van der Waals surface area contributed by atoms with Gasteiger partial charge in [0.05, 0.1) is 11.4 Å². The molecule has 0 aliphatic heterocycles. The van der Waals surface area contributed by atoms with E-state index in [2.05, 4.69) is 52.6 Å². The average molecular weight is 272 g/mol. The minimum Gasteiger partial charge on any atom is -0.397 e. The van der Waals surface area contributed by atoms with Crippen LogP contribution in [0.3, 0.4) is 0 Å². The maximum atomic E-state index is 6.17. The Morgan fingerprint density at radius 1 is 1.00 bits per heavy atom. The van der Waals surface area contributed by atoms with Gasteiger partial charge >= 0.3 is 0 Å². The third-order valence-corrected chi connectivity index (χ3v) is 3.25. The van der Waals surface area contributed by atoms with Gasteiger partial charge in [-0.15, -0.1) is 0 Å². The van der Waals surface area contributed by atoms with Crippen LogP contribution in [0.1, 0.15) is 59.6 Å². The number of benzene rings is 1. The number of nitrogens with zero attached hydrogens (tertiary/aromatic N) is 1. The highest BCUT2D eigenvalue weighted by Gasteiger charge is 2.28. The molecule has 0 bridgehead atoms. The van der Waals surface area contributed by atoms with E-state index in [1.165, 1.54) is 11.1 Å². The number of nitrogens with two attached hydrogens (primary N) is 1. The molecule has 2 heteroatoms. The largest absolute Gasteiger partial charge is 0.397 e. The number of rotatable bonds is 2. The van der Waals surface area contributed by atoms with E-state index in [-0.39, 0.29) is 10.8 Å². The predicted octanol–water partition coefficient (Wildman–Crippen LogP) is 5.14. The average Bonchev–Trinajstić information content (AvgIpc) is 2.28. The Morgan fingerprint density at radius 2 is 1.60 bits per heavy atom. The molecular formula is C18H28N2. The summed E-state index contributed by atoms with van der Waals surface area (Å²) in [5.74, 6) is 0. The van der Waals surface area contributed by atoms with Crippen LogP contribution in [0.25, 0.3) is 0 Å². The van der Waals surface area contributed by atoms with Crippen LogP contribution < -0.4 is 5.73 Å². The smallest absolute Gasteiger partial charge is 0.0899 e. The lowest BCUT2D eigenvalue weighted by Gasteiger charge is -2.31. The highest BCUT2D eigenvalue weighted by Crippen LogP contribution is 2.42. The number of aliphatic imine (C=N–C) groups is 1. The molecule has 0 atom stereocenters. The van der Waals surface area contributed by atoms with Gasteiger partial charge < -0.3 is 5.73 Å². The lowest BCUT2D eigenvalue weighted by molar-refractivity contribution is 0.531. The summed E-state index contributed by atoms with van der Waals surface area (Å²) in [5, 5.41) is 0. The molecule has 2 N–H and O–H groups in total. The van der Waals surface area contributed by atoms with Crippen molar-refractivity contribution in [1.82, 2.24) is 0 Å². The quantitative estimate of drug-likeness (QED) is 0.587. The number of allylic oxidation sites excluding steroid dienone is 2. The Hall–Kier alpha value is -1.57. The Labute approximate surface area is 123 Å². The fourth-order valence-electron chi connectivity index (χ4n) is 2.33. The van der Waals surface area contributed by atoms with E-state index < -0.39 is 0 Å². The zero-order valence-corrected chi connectivity index (χ0v) is 13.9. The molecule has 0 aliphatic carbocycles. The minimum atomic E-state index is 0.000591. The monoisotopic (exact) mass is 272 g/mol. The van der Waals surface area contributed by atoms with Crippen LogP contribution in [0.5, 0.6) is 0 Å². The summed E-state index contributed by atoms with van der Waals surface area (Å²) in [5.41, 5.74) is 10.4. The molecule has 0 spiro atoms. The van der Waals surface area contributed by atoms with Crippen molar-refractivity contribution in [2.45, 2.75) is 59.3 Å². The van der Waals surface area contributed by atoms with Gasteiger partial charge in [-0.3, -0.25) is 4.99 Å². The van der Waals surface area contributed by atoms with Gasteiger partial charge in [0.25, 0.3) is 0 Å². The fourth-order valence-corrected chi connectivity index (χ4v) is 2.33. The Kier molecular flexibility index (Phi) is 4.80. The van der Waals surface area contributed by atoms with Crippen molar-refractivity contribution < 1.29 is 0 Å². The molecule has 0 amide bonds. The third kappa shape index (κ3) is 3.72. The number of nitrogen functional groups attached to an aromatic ring is 1. The molecule has 0 aliphatic rings. The maximum Gasteiger partial charge on any atom is 0.0899 e. The fraction of sp³-hybridized carbons (Fsp3) is 0.500. The summed E-state index contributed by atoms with van der Waals surface area (Å²) in [6, 6.07) is 4.11. The van der Waals surface area contributed by atoms with Crippen molar-refractivity contribution in [3.8, 4) is 0 Å². The zero-order chi connectivity index (χ0) is 15.6. The molecule has 0 unspecified atom stereocenters. The molecule has 1 aromatic rings. The third-order valence-electron chi connectivity index (χ3n) is 3.25. The second-order valence-electron chi connectivity index (χ2n) is 7.23. The van der Waals surface area contributed by atoms with Crippen molar-refractivity contribution in [3.05, 3.63) is 35.4 Å². The van der Waals surface area contributed by atoms with Crippen LogP contribution in [0, 0.1) is 0 Å². The Morgan fingerprint density at radius 3 is 2.05 bits per heavy atom. The molecule has 0 radical (unpaired) electrons. The van der Waals surface area contributed by atoms with Crippen LogP contribution >= 0.6 is 0 Å². The van der Waals surface area contributed by atoms with Crippen LogP contribution in [-0.4, -0.2) is 6.21 Å².